The summed E-state index contributed by atoms with van der Waals surface area (Å²) in [4.78, 5) is 15.1. The minimum Gasteiger partial charge on any atom is -0.291 e. The van der Waals surface area contributed by atoms with Crippen LogP contribution in [0.1, 0.15) is 15.9 Å². The number of thioether (sulfide) groups is 1. The number of Topliss-reactive ketones (excluding diaryl/α,β-unsaturated/α-hetero) is 1. The van der Waals surface area contributed by atoms with Crippen LogP contribution in [0.5, 0.6) is 0 Å². The Balaban J connectivity index is 1.87. The standard InChI is InChI=1S/C16H15NOS2/c1-11-7-9-12(10-8-11)15(18)16-17(2)20-14-6-4-3-5-13(14)19-16/h3-10,16H,1-2H3. The van der Waals surface area contributed by atoms with Gasteiger partial charge in [0.25, 0.3) is 0 Å². The molecule has 4 heteroatoms. The molecule has 0 fully saturated rings. The summed E-state index contributed by atoms with van der Waals surface area (Å²) in [6.45, 7) is 2.03. The highest BCUT2D eigenvalue weighted by Crippen LogP contribution is 2.43. The predicted octanol–water partition coefficient (Wildman–Crippen LogP) is 4.25. The van der Waals surface area contributed by atoms with Gasteiger partial charge >= 0.3 is 0 Å². The van der Waals surface area contributed by atoms with E-state index in [1.807, 2.05) is 54.7 Å². The van der Waals surface area contributed by atoms with Crippen LogP contribution in [-0.4, -0.2) is 22.5 Å². The molecule has 0 N–H and O–H groups in total. The first-order valence-corrected chi connectivity index (χ1v) is 8.08. The third kappa shape index (κ3) is 2.64. The predicted molar refractivity (Wildman–Crippen MR) is 85.2 cm³/mol. The van der Waals surface area contributed by atoms with Crippen molar-refractivity contribution in [2.75, 3.05) is 7.05 Å². The molecule has 2 aromatic rings. The average Bonchev–Trinajstić information content (AvgIpc) is 2.46. The maximum absolute atomic E-state index is 12.7. The third-order valence-electron chi connectivity index (χ3n) is 3.22. The van der Waals surface area contributed by atoms with Crippen molar-refractivity contribution in [2.24, 2.45) is 0 Å². The molecule has 1 aliphatic rings. The van der Waals surface area contributed by atoms with E-state index in [9.17, 15) is 4.79 Å². The molecule has 20 heavy (non-hydrogen) atoms. The van der Waals surface area contributed by atoms with Crippen molar-refractivity contribution in [3.63, 3.8) is 0 Å². The van der Waals surface area contributed by atoms with Gasteiger partial charge in [-0.15, -0.1) is 0 Å². The van der Waals surface area contributed by atoms with E-state index in [4.69, 9.17) is 0 Å². The molecule has 0 radical (unpaired) electrons. The molecule has 1 heterocycles. The zero-order valence-electron chi connectivity index (χ0n) is 11.4. The zero-order chi connectivity index (χ0) is 14.1. The van der Waals surface area contributed by atoms with E-state index in [-0.39, 0.29) is 11.2 Å². The van der Waals surface area contributed by atoms with Gasteiger partial charge in [0.2, 0.25) is 0 Å². The molecule has 1 atom stereocenters. The Labute approximate surface area is 127 Å². The number of ketones is 1. The Morgan fingerprint density at radius 3 is 2.40 bits per heavy atom. The third-order valence-corrected chi connectivity index (χ3v) is 5.90. The van der Waals surface area contributed by atoms with E-state index in [0.717, 1.165) is 5.56 Å². The highest BCUT2D eigenvalue weighted by molar-refractivity contribution is 8.05. The molecule has 1 aliphatic heterocycles. The minimum atomic E-state index is -0.169. The first kappa shape index (κ1) is 13.7. The van der Waals surface area contributed by atoms with E-state index in [1.54, 1.807) is 23.7 Å². The second-order valence-electron chi connectivity index (χ2n) is 4.78. The monoisotopic (exact) mass is 301 g/mol. The lowest BCUT2D eigenvalue weighted by molar-refractivity contribution is 0.0959. The first-order chi connectivity index (χ1) is 9.65. The van der Waals surface area contributed by atoms with E-state index in [2.05, 4.69) is 12.1 Å². The molecule has 2 aromatic carbocycles. The molecule has 0 bridgehead atoms. The first-order valence-electron chi connectivity index (χ1n) is 6.42. The summed E-state index contributed by atoms with van der Waals surface area (Å²) in [5.41, 5.74) is 1.95. The second-order valence-corrected chi connectivity index (χ2v) is 7.11. The van der Waals surface area contributed by atoms with Gasteiger partial charge in [-0.05, 0) is 38.1 Å². The zero-order valence-corrected chi connectivity index (χ0v) is 13.0. The molecule has 0 aliphatic carbocycles. The fourth-order valence-corrected chi connectivity index (χ4v) is 4.39. The lowest BCUT2D eigenvalue weighted by Crippen LogP contribution is -2.33. The number of carbonyl (C=O) groups excluding carboxylic acids is 1. The molecule has 0 spiro atoms. The normalized spacial score (nSPS) is 18.6. The van der Waals surface area contributed by atoms with Crippen LogP contribution < -0.4 is 0 Å². The Kier molecular flexibility index (Phi) is 3.87. The molecule has 102 valence electrons. The Bertz CT molecular complexity index is 639. The van der Waals surface area contributed by atoms with E-state index in [0.29, 0.717) is 0 Å². The lowest BCUT2D eigenvalue weighted by atomic mass is 10.1. The van der Waals surface area contributed by atoms with Crippen molar-refractivity contribution in [1.82, 2.24) is 4.31 Å². The van der Waals surface area contributed by atoms with Crippen LogP contribution in [0.15, 0.2) is 58.3 Å². The maximum atomic E-state index is 12.7. The van der Waals surface area contributed by atoms with Crippen molar-refractivity contribution in [2.45, 2.75) is 22.1 Å². The van der Waals surface area contributed by atoms with Crippen LogP contribution in [0.4, 0.5) is 0 Å². The van der Waals surface area contributed by atoms with Crippen molar-refractivity contribution < 1.29 is 4.79 Å². The molecule has 2 nitrogen and oxygen atoms in total. The quantitative estimate of drug-likeness (QED) is 0.610. The summed E-state index contributed by atoms with van der Waals surface area (Å²) in [7, 11) is 1.98. The van der Waals surface area contributed by atoms with Crippen LogP contribution in [-0.2, 0) is 0 Å². The molecule has 3 rings (SSSR count). The number of likely N-dealkylation sites (N-methyl/N-ethyl adjacent to an activating group) is 1. The van der Waals surface area contributed by atoms with Gasteiger partial charge in [0, 0.05) is 15.4 Å². The highest BCUT2D eigenvalue weighted by Gasteiger charge is 2.31. The molecule has 1 unspecified atom stereocenters. The second kappa shape index (κ2) is 5.64. The Morgan fingerprint density at radius 2 is 1.70 bits per heavy atom. The van der Waals surface area contributed by atoms with Gasteiger partial charge in [-0.2, -0.15) is 0 Å². The van der Waals surface area contributed by atoms with Gasteiger partial charge in [0.1, 0.15) is 5.37 Å². The van der Waals surface area contributed by atoms with Crippen LogP contribution >= 0.6 is 23.7 Å². The van der Waals surface area contributed by atoms with E-state index in [1.165, 1.54) is 15.4 Å². The van der Waals surface area contributed by atoms with Crippen molar-refractivity contribution in [1.29, 1.82) is 0 Å². The number of rotatable bonds is 2. The summed E-state index contributed by atoms with van der Waals surface area (Å²) in [6.07, 6.45) is 0. The van der Waals surface area contributed by atoms with Crippen molar-refractivity contribution in [3.8, 4) is 0 Å². The van der Waals surface area contributed by atoms with Crippen LogP contribution in [0.2, 0.25) is 0 Å². The average molecular weight is 301 g/mol. The largest absolute Gasteiger partial charge is 0.291 e. The van der Waals surface area contributed by atoms with Crippen molar-refractivity contribution >= 4 is 29.5 Å². The smallest absolute Gasteiger partial charge is 0.191 e. The Hall–Kier alpha value is -1.23. The van der Waals surface area contributed by atoms with E-state index >= 15 is 0 Å². The van der Waals surface area contributed by atoms with E-state index < -0.39 is 0 Å². The van der Waals surface area contributed by atoms with Crippen LogP contribution in [0.3, 0.4) is 0 Å². The lowest BCUT2D eigenvalue weighted by Gasteiger charge is -2.31. The Morgan fingerprint density at radius 1 is 1.05 bits per heavy atom. The van der Waals surface area contributed by atoms with Gasteiger partial charge < -0.3 is 0 Å². The summed E-state index contributed by atoms with van der Waals surface area (Å²) in [5, 5.41) is -0.169. The SMILES string of the molecule is Cc1ccc(C(=O)C2Sc3ccccc3SN2C)cc1. The number of fused-ring (bicyclic) bond motifs is 1. The van der Waals surface area contributed by atoms with Gasteiger partial charge in [0.05, 0.1) is 0 Å². The molecular weight excluding hydrogens is 286 g/mol. The highest BCUT2D eigenvalue weighted by atomic mass is 32.2. The summed E-state index contributed by atoms with van der Waals surface area (Å²) in [6, 6.07) is 16.0. The number of benzene rings is 2. The maximum Gasteiger partial charge on any atom is 0.191 e. The molecule has 0 amide bonds. The van der Waals surface area contributed by atoms with Crippen LogP contribution in [0, 0.1) is 6.92 Å². The minimum absolute atomic E-state index is 0.166. The van der Waals surface area contributed by atoms with Gasteiger partial charge in [-0.3, -0.25) is 4.79 Å². The summed E-state index contributed by atoms with van der Waals surface area (Å²) in [5.74, 6) is 0.166. The molecule has 0 saturated carbocycles. The topological polar surface area (TPSA) is 20.3 Å². The van der Waals surface area contributed by atoms with Gasteiger partial charge in [0.15, 0.2) is 5.78 Å². The van der Waals surface area contributed by atoms with Gasteiger partial charge in [-0.25, -0.2) is 4.31 Å². The van der Waals surface area contributed by atoms with Crippen LogP contribution in [0.25, 0.3) is 0 Å². The van der Waals surface area contributed by atoms with Gasteiger partial charge in [-0.1, -0.05) is 53.7 Å². The molecule has 0 aromatic heterocycles. The number of hydrogen-bond acceptors (Lipinski definition) is 4. The summed E-state index contributed by atoms with van der Waals surface area (Å²) < 4.78 is 2.04. The molecule has 0 saturated heterocycles. The van der Waals surface area contributed by atoms with Crippen molar-refractivity contribution in [3.05, 3.63) is 59.7 Å². The number of hydrogen-bond donors (Lipinski definition) is 0. The number of nitrogens with zero attached hydrogens (tertiary/aromatic N) is 1. The fraction of sp³-hybridized carbons (Fsp3) is 0.188. The summed E-state index contributed by atoms with van der Waals surface area (Å²) >= 11 is 3.27. The fourth-order valence-electron chi connectivity index (χ4n) is 2.10. The number of aryl methyl sites for hydroxylation is 1. The number of carbonyl (C=O) groups is 1. The molecular formula is C16H15NOS2.